The Kier molecular flexibility index (Phi) is 6.78. The van der Waals surface area contributed by atoms with Gasteiger partial charge in [0.05, 0.1) is 17.1 Å². The SMILES string of the molecule is CC(=O)Nc1ccc(OCC(O)CSc2nc3ccccc3n2-c2ccc(C)cc2)cc1. The molecule has 164 valence electrons. The lowest BCUT2D eigenvalue weighted by Gasteiger charge is -2.13. The number of aromatic nitrogens is 2. The number of anilines is 1. The van der Waals surface area contributed by atoms with E-state index in [-0.39, 0.29) is 12.5 Å². The first-order chi connectivity index (χ1) is 15.5. The molecule has 4 aromatic rings. The Hall–Kier alpha value is -3.29. The Morgan fingerprint density at radius 3 is 2.53 bits per heavy atom. The van der Waals surface area contributed by atoms with Crippen LogP contribution in [0.2, 0.25) is 0 Å². The van der Waals surface area contributed by atoms with Gasteiger partial charge in [0.15, 0.2) is 5.16 Å². The molecule has 0 spiro atoms. The maximum atomic E-state index is 11.1. The molecule has 1 heterocycles. The van der Waals surface area contributed by atoms with Gasteiger partial charge in [0.1, 0.15) is 12.4 Å². The minimum atomic E-state index is -0.665. The molecule has 0 radical (unpaired) electrons. The summed E-state index contributed by atoms with van der Waals surface area (Å²) in [7, 11) is 0. The Morgan fingerprint density at radius 2 is 1.81 bits per heavy atom. The van der Waals surface area contributed by atoms with Crippen LogP contribution in [0.4, 0.5) is 5.69 Å². The summed E-state index contributed by atoms with van der Waals surface area (Å²) in [4.78, 5) is 15.9. The molecule has 0 aliphatic carbocycles. The van der Waals surface area contributed by atoms with Crippen molar-refractivity contribution in [1.29, 1.82) is 0 Å². The van der Waals surface area contributed by atoms with Crippen molar-refractivity contribution in [3.63, 3.8) is 0 Å². The van der Waals surface area contributed by atoms with Gasteiger partial charge >= 0.3 is 0 Å². The van der Waals surface area contributed by atoms with Gasteiger partial charge in [0, 0.05) is 24.1 Å². The van der Waals surface area contributed by atoms with Crippen LogP contribution in [0.5, 0.6) is 5.75 Å². The van der Waals surface area contributed by atoms with Crippen LogP contribution in [-0.2, 0) is 4.79 Å². The number of carbonyl (C=O) groups excluding carboxylic acids is 1. The molecule has 0 saturated carbocycles. The quantitative estimate of drug-likeness (QED) is 0.379. The van der Waals surface area contributed by atoms with E-state index in [9.17, 15) is 9.90 Å². The van der Waals surface area contributed by atoms with Gasteiger partial charge in [-0.05, 0) is 55.5 Å². The molecule has 1 amide bonds. The molecule has 0 aliphatic rings. The Labute approximate surface area is 191 Å². The lowest BCUT2D eigenvalue weighted by molar-refractivity contribution is -0.114. The lowest BCUT2D eigenvalue weighted by Crippen LogP contribution is -2.20. The molecule has 1 aromatic heterocycles. The summed E-state index contributed by atoms with van der Waals surface area (Å²) < 4.78 is 7.82. The molecule has 4 rings (SSSR count). The largest absolute Gasteiger partial charge is 0.491 e. The highest BCUT2D eigenvalue weighted by Gasteiger charge is 2.15. The van der Waals surface area contributed by atoms with Crippen molar-refractivity contribution in [1.82, 2.24) is 9.55 Å². The second-order valence-corrected chi connectivity index (χ2v) is 8.52. The highest BCUT2D eigenvalue weighted by molar-refractivity contribution is 7.99. The Morgan fingerprint density at radius 1 is 1.09 bits per heavy atom. The molecule has 0 aliphatic heterocycles. The summed E-state index contributed by atoms with van der Waals surface area (Å²) in [5, 5.41) is 14.0. The number of imidazole rings is 1. The van der Waals surface area contributed by atoms with Crippen LogP contribution in [-0.4, -0.2) is 39.0 Å². The number of para-hydroxylation sites is 2. The highest BCUT2D eigenvalue weighted by Crippen LogP contribution is 2.28. The van der Waals surface area contributed by atoms with Crippen molar-refractivity contribution in [3.8, 4) is 11.4 Å². The number of thioether (sulfide) groups is 1. The van der Waals surface area contributed by atoms with Crippen LogP contribution in [0.1, 0.15) is 12.5 Å². The molecule has 0 bridgehead atoms. The van der Waals surface area contributed by atoms with Gasteiger partial charge in [-0.3, -0.25) is 9.36 Å². The van der Waals surface area contributed by atoms with Crippen molar-refractivity contribution >= 4 is 34.4 Å². The first-order valence-electron chi connectivity index (χ1n) is 10.4. The average Bonchev–Trinajstić information content (AvgIpc) is 3.16. The van der Waals surface area contributed by atoms with Gasteiger partial charge in [0.25, 0.3) is 0 Å². The van der Waals surface area contributed by atoms with Crippen molar-refractivity contribution in [3.05, 3.63) is 78.4 Å². The maximum Gasteiger partial charge on any atom is 0.221 e. The topological polar surface area (TPSA) is 76.4 Å². The van der Waals surface area contributed by atoms with Crippen LogP contribution in [0.15, 0.2) is 78.0 Å². The van der Waals surface area contributed by atoms with E-state index >= 15 is 0 Å². The van der Waals surface area contributed by atoms with Crippen molar-refractivity contribution in [2.24, 2.45) is 0 Å². The zero-order valence-corrected chi connectivity index (χ0v) is 18.8. The number of hydrogen-bond donors (Lipinski definition) is 2. The van der Waals surface area contributed by atoms with Gasteiger partial charge in [0.2, 0.25) is 5.91 Å². The minimum Gasteiger partial charge on any atom is -0.491 e. The third-order valence-electron chi connectivity index (χ3n) is 4.84. The van der Waals surface area contributed by atoms with Crippen molar-refractivity contribution < 1.29 is 14.6 Å². The van der Waals surface area contributed by atoms with E-state index in [1.54, 1.807) is 24.3 Å². The van der Waals surface area contributed by atoms with Crippen LogP contribution < -0.4 is 10.1 Å². The summed E-state index contributed by atoms with van der Waals surface area (Å²) in [6.45, 7) is 3.69. The van der Waals surface area contributed by atoms with Crippen LogP contribution >= 0.6 is 11.8 Å². The number of aliphatic hydroxyl groups excluding tert-OH is 1. The summed E-state index contributed by atoms with van der Waals surface area (Å²) in [5.41, 5.74) is 4.89. The van der Waals surface area contributed by atoms with Crippen LogP contribution in [0.25, 0.3) is 16.7 Å². The monoisotopic (exact) mass is 447 g/mol. The molecule has 1 unspecified atom stereocenters. The van der Waals surface area contributed by atoms with E-state index in [4.69, 9.17) is 9.72 Å². The number of fused-ring (bicyclic) bond motifs is 1. The summed E-state index contributed by atoms with van der Waals surface area (Å²) in [5.74, 6) is 0.955. The lowest BCUT2D eigenvalue weighted by atomic mass is 10.2. The zero-order valence-electron chi connectivity index (χ0n) is 18.0. The first kappa shape index (κ1) is 21.9. The van der Waals surface area contributed by atoms with E-state index in [2.05, 4.69) is 47.1 Å². The molecule has 7 heteroatoms. The van der Waals surface area contributed by atoms with E-state index in [1.165, 1.54) is 24.2 Å². The van der Waals surface area contributed by atoms with E-state index < -0.39 is 6.10 Å². The molecular formula is C25H25N3O3S. The van der Waals surface area contributed by atoms with Crippen LogP contribution in [0.3, 0.4) is 0 Å². The molecule has 2 N–H and O–H groups in total. The zero-order chi connectivity index (χ0) is 22.5. The predicted molar refractivity (Wildman–Crippen MR) is 129 cm³/mol. The number of aliphatic hydroxyl groups is 1. The number of hydrogen-bond acceptors (Lipinski definition) is 5. The number of amides is 1. The van der Waals surface area contributed by atoms with E-state index in [1.807, 2.05) is 18.2 Å². The molecule has 32 heavy (non-hydrogen) atoms. The normalized spacial score (nSPS) is 12.0. The van der Waals surface area contributed by atoms with Crippen LogP contribution in [0, 0.1) is 6.92 Å². The predicted octanol–water partition coefficient (Wildman–Crippen LogP) is 4.82. The standard InChI is InChI=1S/C25H25N3O3S/c1-17-7-11-20(12-8-17)28-24-6-4-3-5-23(24)27-25(28)32-16-21(30)15-31-22-13-9-19(10-14-22)26-18(2)29/h3-14,21,30H,15-16H2,1-2H3,(H,26,29). The Balaban J connectivity index is 1.42. The molecule has 1 atom stereocenters. The number of aryl methyl sites for hydroxylation is 1. The third-order valence-corrected chi connectivity index (χ3v) is 5.93. The fourth-order valence-corrected chi connectivity index (χ4v) is 4.23. The van der Waals surface area contributed by atoms with Gasteiger partial charge < -0.3 is 15.2 Å². The van der Waals surface area contributed by atoms with Gasteiger partial charge in [-0.2, -0.15) is 0 Å². The summed E-state index contributed by atoms with van der Waals surface area (Å²) >= 11 is 1.50. The van der Waals surface area contributed by atoms with Gasteiger partial charge in [-0.1, -0.05) is 41.6 Å². The smallest absolute Gasteiger partial charge is 0.221 e. The van der Waals surface area contributed by atoms with E-state index in [0.29, 0.717) is 17.2 Å². The molecule has 0 saturated heterocycles. The van der Waals surface area contributed by atoms with Crippen molar-refractivity contribution in [2.75, 3.05) is 17.7 Å². The number of ether oxygens (including phenoxy) is 1. The molecule has 6 nitrogen and oxygen atoms in total. The molecule has 3 aromatic carbocycles. The second-order valence-electron chi connectivity index (χ2n) is 7.54. The van der Waals surface area contributed by atoms with Gasteiger partial charge in [-0.25, -0.2) is 4.98 Å². The molecular weight excluding hydrogens is 422 g/mol. The number of nitrogens with zero attached hydrogens (tertiary/aromatic N) is 2. The third kappa shape index (κ3) is 5.30. The average molecular weight is 448 g/mol. The van der Waals surface area contributed by atoms with Crippen molar-refractivity contribution in [2.45, 2.75) is 25.1 Å². The number of rotatable bonds is 8. The number of nitrogens with one attached hydrogen (secondary N) is 1. The first-order valence-corrected chi connectivity index (χ1v) is 11.3. The Bertz CT molecular complexity index is 1200. The fourth-order valence-electron chi connectivity index (χ4n) is 3.29. The number of carbonyl (C=O) groups is 1. The minimum absolute atomic E-state index is 0.122. The summed E-state index contributed by atoms with van der Waals surface area (Å²) in [6.07, 6.45) is -0.665. The number of benzene rings is 3. The summed E-state index contributed by atoms with van der Waals surface area (Å²) in [6, 6.07) is 23.4. The second kappa shape index (κ2) is 9.89. The fraction of sp³-hybridized carbons (Fsp3) is 0.200. The van der Waals surface area contributed by atoms with E-state index in [0.717, 1.165) is 21.9 Å². The maximum absolute atomic E-state index is 11.1. The highest BCUT2D eigenvalue weighted by atomic mass is 32.2. The molecule has 0 fully saturated rings. The van der Waals surface area contributed by atoms with Gasteiger partial charge in [-0.15, -0.1) is 0 Å².